The van der Waals surface area contributed by atoms with Gasteiger partial charge in [0, 0.05) is 56.2 Å². The summed E-state index contributed by atoms with van der Waals surface area (Å²) in [6, 6.07) is 11.6. The van der Waals surface area contributed by atoms with Crippen molar-refractivity contribution < 1.29 is 14.3 Å². The number of ketones is 1. The Labute approximate surface area is 210 Å². The predicted molar refractivity (Wildman–Crippen MR) is 145 cm³/mol. The number of Topliss-reactive ketones (excluding diaryl/α,β-unsaturated/α-hetero) is 1. The quantitative estimate of drug-likeness (QED) is 0.326. The number of rotatable bonds is 14. The number of benzene rings is 2. The third kappa shape index (κ3) is 8.99. The first kappa shape index (κ1) is 28.3. The average Bonchev–Trinajstić information content (AvgIpc) is 2.82. The lowest BCUT2D eigenvalue weighted by Gasteiger charge is -2.23. The second-order valence-corrected chi connectivity index (χ2v) is 9.46. The first-order valence-electron chi connectivity index (χ1n) is 12.6. The molecule has 0 spiro atoms. The number of methoxy groups -OCH3 is 1. The Morgan fingerprint density at radius 2 is 1.83 bits per heavy atom. The number of carbonyl (C=O) groups excluding carboxylic acids is 2. The van der Waals surface area contributed by atoms with Gasteiger partial charge in [0.2, 0.25) is 0 Å². The van der Waals surface area contributed by atoms with Gasteiger partial charge >= 0.3 is 0 Å². The summed E-state index contributed by atoms with van der Waals surface area (Å²) in [4.78, 5) is 27.3. The normalized spacial score (nSPS) is 12.4. The third-order valence-electron chi connectivity index (χ3n) is 6.42. The molecule has 0 saturated carbocycles. The molecule has 0 bridgehead atoms. The van der Waals surface area contributed by atoms with Crippen molar-refractivity contribution in [1.82, 2.24) is 10.2 Å². The van der Waals surface area contributed by atoms with Crippen molar-refractivity contribution in [2.45, 2.75) is 52.9 Å². The van der Waals surface area contributed by atoms with Gasteiger partial charge in [-0.1, -0.05) is 55.8 Å². The van der Waals surface area contributed by atoms with Gasteiger partial charge in [0.1, 0.15) is 0 Å². The van der Waals surface area contributed by atoms with Crippen LogP contribution in [0.5, 0.6) is 0 Å². The molecule has 1 unspecified atom stereocenters. The zero-order valence-corrected chi connectivity index (χ0v) is 22.2. The monoisotopic (exact) mass is 478 g/mol. The smallest absolute Gasteiger partial charge is 0.251 e. The molecule has 0 aliphatic rings. The van der Waals surface area contributed by atoms with Crippen molar-refractivity contribution in [2.24, 2.45) is 5.92 Å². The van der Waals surface area contributed by atoms with Crippen LogP contribution in [0.2, 0.25) is 0 Å². The molecule has 0 heterocycles. The number of hydrogen-bond acceptors (Lipinski definition) is 4. The fraction of sp³-hybridized carbons (Fsp3) is 0.467. The van der Waals surface area contributed by atoms with E-state index >= 15 is 0 Å². The molecule has 1 amide bonds. The molecule has 2 aromatic rings. The van der Waals surface area contributed by atoms with Gasteiger partial charge < -0.3 is 15.0 Å². The van der Waals surface area contributed by atoms with Crippen LogP contribution >= 0.6 is 0 Å². The van der Waals surface area contributed by atoms with Crippen LogP contribution in [0.25, 0.3) is 12.8 Å². The number of carbonyl (C=O) groups is 2. The van der Waals surface area contributed by atoms with E-state index < -0.39 is 0 Å². The van der Waals surface area contributed by atoms with Gasteiger partial charge in [0.25, 0.3) is 5.91 Å². The number of hydrogen-bond donors (Lipinski definition) is 1. The Bertz CT molecular complexity index is 1080. The van der Waals surface area contributed by atoms with E-state index in [2.05, 4.69) is 37.0 Å². The largest absolute Gasteiger partial charge is 0.383 e. The van der Waals surface area contributed by atoms with Crippen LogP contribution in [-0.4, -0.2) is 50.4 Å². The SMILES string of the molecule is C=c1ccc(C(=O)NCCOC)c(C)/c1=C/N(C)CC(CCC)CCCC(=O)c1ccc(C)cc1. The molecule has 5 nitrogen and oxygen atoms in total. The van der Waals surface area contributed by atoms with Crippen molar-refractivity contribution in [1.29, 1.82) is 0 Å². The molecule has 1 atom stereocenters. The highest BCUT2D eigenvalue weighted by atomic mass is 16.5. The van der Waals surface area contributed by atoms with Crippen LogP contribution in [-0.2, 0) is 4.74 Å². The Kier molecular flexibility index (Phi) is 11.7. The van der Waals surface area contributed by atoms with Crippen LogP contribution in [0.4, 0.5) is 0 Å². The van der Waals surface area contributed by atoms with E-state index in [1.807, 2.05) is 50.2 Å². The van der Waals surface area contributed by atoms with Crippen LogP contribution < -0.4 is 15.8 Å². The van der Waals surface area contributed by atoms with E-state index in [0.29, 0.717) is 31.1 Å². The van der Waals surface area contributed by atoms with Gasteiger partial charge in [-0.2, -0.15) is 0 Å². The summed E-state index contributed by atoms with van der Waals surface area (Å²) in [6.07, 6.45) is 6.82. The van der Waals surface area contributed by atoms with Gasteiger partial charge in [-0.25, -0.2) is 0 Å². The lowest BCUT2D eigenvalue weighted by atomic mass is 9.94. The summed E-state index contributed by atoms with van der Waals surface area (Å²) in [5, 5.41) is 4.78. The number of nitrogens with one attached hydrogen (secondary N) is 1. The Morgan fingerprint density at radius 1 is 1.11 bits per heavy atom. The molecular weight excluding hydrogens is 436 g/mol. The second-order valence-electron chi connectivity index (χ2n) is 9.46. The molecule has 35 heavy (non-hydrogen) atoms. The van der Waals surface area contributed by atoms with E-state index in [9.17, 15) is 9.59 Å². The zero-order chi connectivity index (χ0) is 25.8. The van der Waals surface area contributed by atoms with Gasteiger partial charge in [-0.3, -0.25) is 9.59 Å². The minimum Gasteiger partial charge on any atom is -0.383 e. The summed E-state index contributed by atoms with van der Waals surface area (Å²) in [5.74, 6) is 0.623. The maximum absolute atomic E-state index is 12.6. The first-order chi connectivity index (χ1) is 16.8. The van der Waals surface area contributed by atoms with E-state index in [1.165, 1.54) is 5.56 Å². The third-order valence-corrected chi connectivity index (χ3v) is 6.42. The highest BCUT2D eigenvalue weighted by Gasteiger charge is 2.13. The van der Waals surface area contributed by atoms with Crippen molar-refractivity contribution in [3.63, 3.8) is 0 Å². The molecule has 0 fully saturated rings. The fourth-order valence-electron chi connectivity index (χ4n) is 4.42. The van der Waals surface area contributed by atoms with Crippen molar-refractivity contribution in [2.75, 3.05) is 33.9 Å². The molecular formula is C30H42N2O3. The van der Waals surface area contributed by atoms with Crippen molar-refractivity contribution in [3.05, 3.63) is 69.1 Å². The molecule has 190 valence electrons. The molecule has 0 aromatic heterocycles. The van der Waals surface area contributed by atoms with Crippen LogP contribution in [0.15, 0.2) is 36.4 Å². The summed E-state index contributed by atoms with van der Waals surface area (Å²) in [6.45, 7) is 12.2. The highest BCUT2D eigenvalue weighted by molar-refractivity contribution is 5.96. The number of amides is 1. The van der Waals surface area contributed by atoms with Crippen molar-refractivity contribution in [3.8, 4) is 0 Å². The van der Waals surface area contributed by atoms with E-state index in [-0.39, 0.29) is 11.7 Å². The summed E-state index contributed by atoms with van der Waals surface area (Å²) in [5.41, 5.74) is 3.56. The molecule has 2 rings (SSSR count). The maximum atomic E-state index is 12.6. The molecule has 1 N–H and O–H groups in total. The molecule has 5 heteroatoms. The molecule has 2 aromatic carbocycles. The molecule has 0 saturated heterocycles. The molecule has 0 radical (unpaired) electrons. The fourth-order valence-corrected chi connectivity index (χ4v) is 4.42. The standard InChI is InChI=1S/C30H42N2O3/c1-7-9-25(10-8-11-29(33)26-15-12-22(2)13-16-26)20-32(5)21-28-23(3)14-17-27(24(28)4)30(34)31-18-19-35-6/h12-17,21,25H,3,7-11,18-20H2,1-2,4-6H3,(H,31,34)/b28-21+. The van der Waals surface area contributed by atoms with E-state index in [1.54, 1.807) is 7.11 Å². The van der Waals surface area contributed by atoms with E-state index in [0.717, 1.165) is 53.8 Å². The number of ether oxygens (including phenoxy) is 1. The minimum atomic E-state index is -0.0982. The minimum absolute atomic E-state index is 0.0982. The number of nitrogens with zero attached hydrogens (tertiary/aromatic N) is 1. The average molecular weight is 479 g/mol. The van der Waals surface area contributed by atoms with Gasteiger partial charge in [-0.15, -0.1) is 0 Å². The van der Waals surface area contributed by atoms with Gasteiger partial charge in [-0.05, 0) is 55.9 Å². The Balaban J connectivity index is 2.04. The second kappa shape index (κ2) is 14.5. The van der Waals surface area contributed by atoms with Crippen LogP contribution in [0.1, 0.15) is 70.9 Å². The summed E-state index contributed by atoms with van der Waals surface area (Å²) < 4.78 is 5.02. The predicted octanol–water partition coefficient (Wildman–Crippen LogP) is 4.23. The van der Waals surface area contributed by atoms with Crippen LogP contribution in [0.3, 0.4) is 0 Å². The summed E-state index contributed by atoms with van der Waals surface area (Å²) >= 11 is 0. The molecule has 0 aliphatic heterocycles. The highest BCUT2D eigenvalue weighted by Crippen LogP contribution is 2.18. The van der Waals surface area contributed by atoms with Crippen LogP contribution in [0, 0.1) is 19.8 Å². The first-order valence-corrected chi connectivity index (χ1v) is 12.6. The van der Waals surface area contributed by atoms with Gasteiger partial charge in [0.15, 0.2) is 5.78 Å². The van der Waals surface area contributed by atoms with Gasteiger partial charge in [0.05, 0.1) is 6.61 Å². The maximum Gasteiger partial charge on any atom is 0.251 e. The topological polar surface area (TPSA) is 58.6 Å². The zero-order valence-electron chi connectivity index (χ0n) is 22.2. The lowest BCUT2D eigenvalue weighted by Crippen LogP contribution is -2.35. The number of aryl methyl sites for hydroxylation is 1. The van der Waals surface area contributed by atoms with Crippen molar-refractivity contribution >= 4 is 24.5 Å². The Morgan fingerprint density at radius 3 is 2.49 bits per heavy atom. The lowest BCUT2D eigenvalue weighted by molar-refractivity contribution is 0.0935. The summed E-state index contributed by atoms with van der Waals surface area (Å²) in [7, 11) is 3.69. The van der Waals surface area contributed by atoms with E-state index in [4.69, 9.17) is 4.74 Å². The Hall–Kier alpha value is -2.92. The molecule has 0 aliphatic carbocycles.